The van der Waals surface area contributed by atoms with Gasteiger partial charge in [-0.05, 0) is 51.4 Å². The van der Waals surface area contributed by atoms with Crippen molar-refractivity contribution in [3.63, 3.8) is 0 Å². The van der Waals surface area contributed by atoms with E-state index in [4.69, 9.17) is 18.5 Å². The van der Waals surface area contributed by atoms with Crippen LogP contribution >= 0.6 is 7.82 Å². The Balaban J connectivity index is 2.56. The summed E-state index contributed by atoms with van der Waals surface area (Å²) >= 11 is 0. The number of phosphoric ester groups is 1. The van der Waals surface area contributed by atoms with Crippen LogP contribution < -0.4 is 0 Å². The molecule has 0 bridgehead atoms. The Morgan fingerprint density at radius 3 is 1.57 bits per heavy atom. The van der Waals surface area contributed by atoms with Crippen LogP contribution in [0.3, 0.4) is 0 Å². The number of esters is 2. The summed E-state index contributed by atoms with van der Waals surface area (Å²) in [5.74, 6) is -1.17. The van der Waals surface area contributed by atoms with Gasteiger partial charge in [0.2, 0.25) is 0 Å². The quantitative estimate of drug-likeness (QED) is 0.0194. The number of carbonyl (C=O) groups is 2. The van der Waals surface area contributed by atoms with E-state index in [0.717, 1.165) is 51.4 Å². The predicted molar refractivity (Wildman–Crippen MR) is 207 cm³/mol. The fraction of sp³-hybridized carbons (Fsp3) is 0.750. The summed E-state index contributed by atoms with van der Waals surface area (Å²) in [6.07, 6.45) is 20.7. The molecule has 1 saturated carbocycles. The highest BCUT2D eigenvalue weighted by atomic mass is 31.2. The van der Waals surface area contributed by atoms with Crippen molar-refractivity contribution in [1.29, 1.82) is 0 Å². The smallest absolute Gasteiger partial charge is 0.462 e. The Labute approximate surface area is 322 Å². The van der Waals surface area contributed by atoms with Crippen LogP contribution in [-0.4, -0.2) is 98.3 Å². The van der Waals surface area contributed by atoms with Crippen LogP contribution in [0.2, 0.25) is 0 Å². The van der Waals surface area contributed by atoms with Crippen molar-refractivity contribution >= 4 is 19.8 Å². The number of unbranched alkanes of at least 4 members (excludes halogenated alkanes) is 11. The van der Waals surface area contributed by atoms with Crippen molar-refractivity contribution < 1.29 is 63.1 Å². The summed E-state index contributed by atoms with van der Waals surface area (Å²) in [7, 11) is -5.12. The molecule has 13 nitrogen and oxygen atoms in total. The second-order valence-corrected chi connectivity index (χ2v) is 15.2. The summed E-state index contributed by atoms with van der Waals surface area (Å²) in [6, 6.07) is 0. The molecule has 0 spiro atoms. The van der Waals surface area contributed by atoms with Crippen LogP contribution in [0.1, 0.15) is 136 Å². The minimum absolute atomic E-state index is 0.0204. The molecule has 0 aromatic rings. The third-order valence-corrected chi connectivity index (χ3v) is 9.91. The number of hydrogen-bond acceptors (Lipinski definition) is 12. The van der Waals surface area contributed by atoms with Gasteiger partial charge in [0.15, 0.2) is 6.10 Å². The lowest BCUT2D eigenvalue weighted by Crippen LogP contribution is -2.64. The Bertz CT molecular complexity index is 1140. The molecule has 14 heteroatoms. The molecule has 312 valence electrons. The predicted octanol–water partition coefficient (Wildman–Crippen LogP) is 6.44. The van der Waals surface area contributed by atoms with Crippen molar-refractivity contribution in [2.24, 2.45) is 0 Å². The van der Waals surface area contributed by atoms with Crippen LogP contribution in [0.5, 0.6) is 0 Å². The SMILES string of the molecule is CCCCC/C=C/C/C=C/C/C=C/C/C=C/CCCC(=O)O[C@H](COC(=O)CCCCCCCCCC)COP(=O)(O)OC1C(O)C(O)C(O)[C@H](O)C1O. The molecule has 0 aliphatic heterocycles. The minimum Gasteiger partial charge on any atom is -0.462 e. The summed E-state index contributed by atoms with van der Waals surface area (Å²) in [4.78, 5) is 35.4. The van der Waals surface area contributed by atoms with Crippen LogP contribution in [-0.2, 0) is 32.7 Å². The van der Waals surface area contributed by atoms with Crippen LogP contribution in [0.25, 0.3) is 0 Å². The molecule has 6 N–H and O–H groups in total. The van der Waals surface area contributed by atoms with E-state index in [1.807, 2.05) is 12.2 Å². The highest BCUT2D eigenvalue weighted by molar-refractivity contribution is 7.47. The van der Waals surface area contributed by atoms with E-state index >= 15 is 0 Å². The van der Waals surface area contributed by atoms with Crippen LogP contribution in [0.15, 0.2) is 48.6 Å². The molecule has 0 heterocycles. The van der Waals surface area contributed by atoms with Crippen molar-refractivity contribution in [3.05, 3.63) is 48.6 Å². The molecule has 54 heavy (non-hydrogen) atoms. The summed E-state index contributed by atoms with van der Waals surface area (Å²) in [5.41, 5.74) is 0. The summed E-state index contributed by atoms with van der Waals surface area (Å²) in [5, 5.41) is 49.9. The zero-order valence-electron chi connectivity index (χ0n) is 32.5. The van der Waals surface area contributed by atoms with Gasteiger partial charge in [-0.15, -0.1) is 0 Å². The first-order chi connectivity index (χ1) is 25.9. The van der Waals surface area contributed by atoms with Gasteiger partial charge in [-0.3, -0.25) is 18.6 Å². The van der Waals surface area contributed by atoms with Gasteiger partial charge in [-0.2, -0.15) is 0 Å². The molecule has 1 rings (SSSR count). The lowest BCUT2D eigenvalue weighted by molar-refractivity contribution is -0.220. The van der Waals surface area contributed by atoms with Gasteiger partial charge >= 0.3 is 19.8 Å². The molecule has 1 aliphatic rings. The van der Waals surface area contributed by atoms with Crippen molar-refractivity contribution in [2.45, 2.75) is 179 Å². The Morgan fingerprint density at radius 2 is 1.02 bits per heavy atom. The topological polar surface area (TPSA) is 210 Å². The first-order valence-corrected chi connectivity index (χ1v) is 21.4. The Hall–Kier alpha value is -2.19. The molecule has 6 unspecified atom stereocenters. The third kappa shape index (κ3) is 23.7. The highest BCUT2D eigenvalue weighted by Crippen LogP contribution is 2.47. The van der Waals surface area contributed by atoms with Gasteiger partial charge in [0.25, 0.3) is 0 Å². The van der Waals surface area contributed by atoms with Crippen LogP contribution in [0.4, 0.5) is 0 Å². The second kappa shape index (κ2) is 31.0. The fourth-order valence-corrected chi connectivity index (χ4v) is 6.60. The lowest BCUT2D eigenvalue weighted by Gasteiger charge is -2.41. The molecular weight excluding hydrogens is 719 g/mol. The zero-order valence-corrected chi connectivity index (χ0v) is 33.4. The molecule has 0 aromatic carbocycles. The van der Waals surface area contributed by atoms with Crippen molar-refractivity contribution in [1.82, 2.24) is 0 Å². The van der Waals surface area contributed by atoms with Gasteiger partial charge in [0, 0.05) is 12.8 Å². The highest BCUT2D eigenvalue weighted by Gasteiger charge is 2.51. The summed E-state index contributed by atoms with van der Waals surface area (Å²) < 4.78 is 33.2. The Kier molecular flexibility index (Phi) is 28.6. The van der Waals surface area contributed by atoms with E-state index in [1.165, 1.54) is 38.5 Å². The van der Waals surface area contributed by atoms with E-state index in [2.05, 4.69) is 50.3 Å². The molecular formula is C40H69O13P. The first kappa shape index (κ1) is 49.8. The summed E-state index contributed by atoms with van der Waals surface area (Å²) in [6.45, 7) is 3.15. The van der Waals surface area contributed by atoms with Gasteiger partial charge < -0.3 is 39.9 Å². The van der Waals surface area contributed by atoms with E-state index in [1.54, 1.807) is 0 Å². The third-order valence-electron chi connectivity index (χ3n) is 8.92. The van der Waals surface area contributed by atoms with Crippen molar-refractivity contribution in [2.75, 3.05) is 13.2 Å². The molecule has 8 atom stereocenters. The van der Waals surface area contributed by atoms with E-state index in [-0.39, 0.29) is 12.8 Å². The maximum Gasteiger partial charge on any atom is 0.472 e. The van der Waals surface area contributed by atoms with Gasteiger partial charge in [-0.25, -0.2) is 4.57 Å². The molecule has 1 fully saturated rings. The van der Waals surface area contributed by atoms with Gasteiger partial charge in [-0.1, -0.05) is 120 Å². The number of rotatable bonds is 31. The van der Waals surface area contributed by atoms with Crippen LogP contribution in [0, 0.1) is 0 Å². The standard InChI is InChI=1S/C40H69O13P/c1-3-5-7-9-11-13-14-15-16-17-18-19-20-21-23-25-27-29-34(42)52-32(30-50-33(41)28-26-24-22-12-10-8-6-4-2)31-51-54(48,49)53-40-38(46)36(44)35(43)37(45)39(40)47/h11,13,15-16,18-19,21,23,32,35-40,43-47H,3-10,12,14,17,20,22,24-31H2,1-2H3,(H,48,49)/b13-11+,16-15+,19-18+,23-21+/t32-,35?,36+,37?,38?,39?,40?/m1/s1. The van der Waals surface area contributed by atoms with E-state index in [0.29, 0.717) is 19.3 Å². The number of ether oxygens (including phenoxy) is 2. The largest absolute Gasteiger partial charge is 0.472 e. The maximum atomic E-state index is 12.7. The van der Waals surface area contributed by atoms with E-state index in [9.17, 15) is 44.6 Å². The molecule has 0 saturated heterocycles. The zero-order chi connectivity index (χ0) is 40.0. The monoisotopic (exact) mass is 788 g/mol. The normalized spacial score (nSPS) is 23.8. The van der Waals surface area contributed by atoms with Gasteiger partial charge in [0.05, 0.1) is 6.61 Å². The average Bonchev–Trinajstić information content (AvgIpc) is 3.15. The number of allylic oxidation sites excluding steroid dienone is 8. The molecule has 1 aliphatic carbocycles. The number of hydrogen-bond donors (Lipinski definition) is 6. The minimum atomic E-state index is -5.12. The molecule has 0 aromatic heterocycles. The Morgan fingerprint density at radius 1 is 0.574 bits per heavy atom. The second-order valence-electron chi connectivity index (χ2n) is 13.8. The number of carbonyl (C=O) groups excluding carboxylic acids is 2. The number of phosphoric acid groups is 1. The number of aliphatic hydroxyl groups excluding tert-OH is 5. The molecule has 0 amide bonds. The fourth-order valence-electron chi connectivity index (χ4n) is 5.63. The lowest BCUT2D eigenvalue weighted by atomic mass is 9.85. The number of aliphatic hydroxyl groups is 5. The average molecular weight is 789 g/mol. The molecule has 0 radical (unpaired) electrons. The van der Waals surface area contributed by atoms with Gasteiger partial charge in [0.1, 0.15) is 43.2 Å². The maximum absolute atomic E-state index is 12.7. The first-order valence-electron chi connectivity index (χ1n) is 19.9. The van der Waals surface area contributed by atoms with Crippen molar-refractivity contribution in [3.8, 4) is 0 Å². The van der Waals surface area contributed by atoms with E-state index < -0.39 is 75.7 Å².